The molecule has 0 amide bonds. The molecule has 0 saturated heterocycles. The molecule has 11 aromatic rings. The van der Waals surface area contributed by atoms with Crippen molar-refractivity contribution in [3.63, 3.8) is 0 Å². The first-order valence-corrected chi connectivity index (χ1v) is 18.6. The van der Waals surface area contributed by atoms with Gasteiger partial charge < -0.3 is 4.42 Å². The number of rotatable bonds is 4. The maximum atomic E-state index is 6.85. The lowest BCUT2D eigenvalue weighted by Gasteiger charge is -2.14. The van der Waals surface area contributed by atoms with E-state index in [0.717, 1.165) is 38.6 Å². The average Bonchev–Trinajstić information content (AvgIpc) is 3.79. The van der Waals surface area contributed by atoms with Gasteiger partial charge in [-0.15, -0.1) is 11.3 Å². The topological polar surface area (TPSA) is 13.1 Å². The molecule has 0 N–H and O–H groups in total. The predicted octanol–water partition coefficient (Wildman–Crippen LogP) is 14.9. The molecule has 0 radical (unpaired) electrons. The fourth-order valence-electron chi connectivity index (χ4n) is 8.09. The van der Waals surface area contributed by atoms with E-state index in [0.29, 0.717) is 0 Å². The highest BCUT2D eigenvalue weighted by atomic mass is 32.1. The highest BCUT2D eigenvalue weighted by molar-refractivity contribution is 7.26. The third-order valence-corrected chi connectivity index (χ3v) is 11.9. The summed E-state index contributed by atoms with van der Waals surface area (Å²) in [5, 5.41) is 9.82. The molecule has 0 aliphatic carbocycles. The lowest BCUT2D eigenvalue weighted by atomic mass is 9.89. The zero-order valence-corrected chi connectivity index (χ0v) is 29.0. The van der Waals surface area contributed by atoms with Gasteiger partial charge in [0.15, 0.2) is 0 Å². The van der Waals surface area contributed by atoms with E-state index >= 15 is 0 Å². The van der Waals surface area contributed by atoms with Crippen molar-refractivity contribution in [3.05, 3.63) is 182 Å². The molecule has 9 aromatic carbocycles. The SMILES string of the molecule is c1ccc2cc(-c3cc(-c4ccc5ccccc5c4)cc(-c4ccc(-c5cccc6c5sc5ccccc56)c5oc6ccccc6c45)c3)ccc2c1. The Hall–Kier alpha value is -6.48. The highest BCUT2D eigenvalue weighted by Crippen LogP contribution is 2.47. The number of fused-ring (bicyclic) bond motifs is 8. The lowest BCUT2D eigenvalue weighted by Crippen LogP contribution is -1.89. The van der Waals surface area contributed by atoms with Gasteiger partial charge in [0, 0.05) is 42.1 Å². The van der Waals surface area contributed by atoms with Gasteiger partial charge >= 0.3 is 0 Å². The molecule has 1 nitrogen and oxygen atoms in total. The summed E-state index contributed by atoms with van der Waals surface area (Å²) in [5.41, 5.74) is 11.2. The first-order valence-electron chi connectivity index (χ1n) is 17.7. The van der Waals surface area contributed by atoms with Gasteiger partial charge in [0.05, 0.1) is 0 Å². The van der Waals surface area contributed by atoms with Gasteiger partial charge in [0.2, 0.25) is 0 Å². The summed E-state index contributed by atoms with van der Waals surface area (Å²) in [6, 6.07) is 66.3. The highest BCUT2D eigenvalue weighted by Gasteiger charge is 2.20. The maximum Gasteiger partial charge on any atom is 0.143 e. The van der Waals surface area contributed by atoms with Crippen molar-refractivity contribution in [2.75, 3.05) is 0 Å². The summed E-state index contributed by atoms with van der Waals surface area (Å²) in [7, 11) is 0. The standard InChI is InChI=1S/C50H30OS/c1-3-12-33-26-35(22-20-31(33)10-1)37-28-38(36-23-21-32-11-2-4-13-34(32)27-36)30-39(29-37)40-24-25-42(49-48(40)45-15-5-7-18-46(45)51-49)44-17-9-16-43-41-14-6-8-19-47(41)52-50(43)44/h1-30H. The molecule has 2 heterocycles. The molecule has 0 saturated carbocycles. The maximum absolute atomic E-state index is 6.85. The summed E-state index contributed by atoms with van der Waals surface area (Å²) in [4.78, 5) is 0. The van der Waals surface area contributed by atoms with Gasteiger partial charge in [-0.3, -0.25) is 0 Å². The third-order valence-electron chi connectivity index (χ3n) is 10.6. The molecule has 0 fully saturated rings. The van der Waals surface area contributed by atoms with Crippen LogP contribution < -0.4 is 0 Å². The third kappa shape index (κ3) is 4.62. The van der Waals surface area contributed by atoms with Gasteiger partial charge in [-0.25, -0.2) is 0 Å². The fraction of sp³-hybridized carbons (Fsp3) is 0. The normalized spacial score (nSPS) is 11.8. The van der Waals surface area contributed by atoms with Crippen LogP contribution in [0.15, 0.2) is 186 Å². The van der Waals surface area contributed by atoms with E-state index in [-0.39, 0.29) is 0 Å². The number of para-hydroxylation sites is 1. The van der Waals surface area contributed by atoms with Crippen molar-refractivity contribution >= 4 is 75.0 Å². The molecule has 0 aliphatic heterocycles. The van der Waals surface area contributed by atoms with Crippen LogP contribution in [0.25, 0.3) is 108 Å². The first kappa shape index (κ1) is 29.3. The van der Waals surface area contributed by atoms with Crippen LogP contribution in [-0.2, 0) is 0 Å². The van der Waals surface area contributed by atoms with Crippen LogP contribution >= 0.6 is 11.3 Å². The lowest BCUT2D eigenvalue weighted by molar-refractivity contribution is 0.670. The van der Waals surface area contributed by atoms with Crippen molar-refractivity contribution in [2.45, 2.75) is 0 Å². The van der Waals surface area contributed by atoms with Crippen molar-refractivity contribution in [1.29, 1.82) is 0 Å². The van der Waals surface area contributed by atoms with Crippen LogP contribution in [0.5, 0.6) is 0 Å². The molecule has 52 heavy (non-hydrogen) atoms. The Morgan fingerprint density at radius 1 is 0.346 bits per heavy atom. The van der Waals surface area contributed by atoms with Crippen LogP contribution in [0.1, 0.15) is 0 Å². The first-order chi connectivity index (χ1) is 25.7. The van der Waals surface area contributed by atoms with Gasteiger partial charge in [0.25, 0.3) is 0 Å². The minimum Gasteiger partial charge on any atom is -0.455 e. The molecule has 0 spiro atoms. The largest absolute Gasteiger partial charge is 0.455 e. The predicted molar refractivity (Wildman–Crippen MR) is 223 cm³/mol. The van der Waals surface area contributed by atoms with Gasteiger partial charge in [-0.2, -0.15) is 0 Å². The summed E-state index contributed by atoms with van der Waals surface area (Å²) >= 11 is 1.86. The van der Waals surface area contributed by atoms with Gasteiger partial charge in [-0.1, -0.05) is 133 Å². The summed E-state index contributed by atoms with van der Waals surface area (Å²) in [6.45, 7) is 0. The average molecular weight is 679 g/mol. The number of benzene rings is 9. The molecule has 0 bridgehead atoms. The molecular weight excluding hydrogens is 649 g/mol. The van der Waals surface area contributed by atoms with Crippen LogP contribution in [0.3, 0.4) is 0 Å². The second-order valence-electron chi connectivity index (χ2n) is 13.7. The number of hydrogen-bond acceptors (Lipinski definition) is 2. The molecular formula is C50H30OS. The van der Waals surface area contributed by atoms with Crippen LogP contribution in [0.2, 0.25) is 0 Å². The quantitative estimate of drug-likeness (QED) is 0.181. The van der Waals surface area contributed by atoms with Crippen molar-refractivity contribution < 1.29 is 4.42 Å². The van der Waals surface area contributed by atoms with E-state index in [9.17, 15) is 0 Å². The molecule has 0 unspecified atom stereocenters. The number of hydrogen-bond donors (Lipinski definition) is 0. The monoisotopic (exact) mass is 678 g/mol. The van der Waals surface area contributed by atoms with Crippen molar-refractivity contribution in [2.24, 2.45) is 0 Å². The van der Waals surface area contributed by atoms with E-state index < -0.39 is 0 Å². The minimum absolute atomic E-state index is 0.898. The molecule has 11 rings (SSSR count). The molecule has 0 aliphatic rings. The van der Waals surface area contributed by atoms with E-state index in [1.807, 2.05) is 11.3 Å². The van der Waals surface area contributed by atoms with Crippen LogP contribution in [0, 0.1) is 0 Å². The van der Waals surface area contributed by atoms with E-state index in [2.05, 4.69) is 182 Å². The number of thiophene rings is 1. The van der Waals surface area contributed by atoms with Crippen LogP contribution in [-0.4, -0.2) is 0 Å². The smallest absolute Gasteiger partial charge is 0.143 e. The zero-order valence-electron chi connectivity index (χ0n) is 28.1. The second-order valence-corrected chi connectivity index (χ2v) is 14.7. The van der Waals surface area contributed by atoms with E-state index in [1.54, 1.807) is 0 Å². The molecule has 2 heteroatoms. The Morgan fingerprint density at radius 3 is 1.65 bits per heavy atom. The Morgan fingerprint density at radius 2 is 0.923 bits per heavy atom. The Balaban J connectivity index is 1.18. The van der Waals surface area contributed by atoms with Crippen LogP contribution in [0.4, 0.5) is 0 Å². The zero-order chi connectivity index (χ0) is 34.2. The van der Waals surface area contributed by atoms with Crippen molar-refractivity contribution in [3.8, 4) is 44.5 Å². The van der Waals surface area contributed by atoms with Gasteiger partial charge in [0.1, 0.15) is 11.2 Å². The number of furan rings is 1. The molecule has 0 atom stereocenters. The molecule has 2 aromatic heterocycles. The fourth-order valence-corrected chi connectivity index (χ4v) is 9.32. The Labute approximate surface area is 304 Å². The summed E-state index contributed by atoms with van der Waals surface area (Å²) in [6.07, 6.45) is 0. The molecule has 242 valence electrons. The van der Waals surface area contributed by atoms with Crippen molar-refractivity contribution in [1.82, 2.24) is 0 Å². The minimum atomic E-state index is 0.898. The summed E-state index contributed by atoms with van der Waals surface area (Å²) in [5.74, 6) is 0. The Kier molecular flexibility index (Phi) is 6.49. The summed E-state index contributed by atoms with van der Waals surface area (Å²) < 4.78 is 9.44. The van der Waals surface area contributed by atoms with E-state index in [4.69, 9.17) is 4.42 Å². The van der Waals surface area contributed by atoms with Gasteiger partial charge in [-0.05, 0) is 103 Å². The second kappa shape index (κ2) is 11.5. The van der Waals surface area contributed by atoms with E-state index in [1.165, 1.54) is 69.5 Å². The Bertz CT molecular complexity index is 3100.